The van der Waals surface area contributed by atoms with Crippen LogP contribution in [-0.4, -0.2) is 5.91 Å². The van der Waals surface area contributed by atoms with Gasteiger partial charge in [-0.25, -0.2) is 0 Å². The molecule has 2 atom stereocenters. The predicted molar refractivity (Wildman–Crippen MR) is 79.4 cm³/mol. The van der Waals surface area contributed by atoms with Gasteiger partial charge < -0.3 is 5.73 Å². The van der Waals surface area contributed by atoms with Crippen molar-refractivity contribution in [2.45, 2.75) is 85.0 Å². The van der Waals surface area contributed by atoms with E-state index >= 15 is 0 Å². The molecule has 1 amide bonds. The molecule has 108 valence electrons. The van der Waals surface area contributed by atoms with Crippen LogP contribution in [0.25, 0.3) is 0 Å². The van der Waals surface area contributed by atoms with Crippen LogP contribution in [0.2, 0.25) is 0 Å². The molecule has 2 unspecified atom stereocenters. The van der Waals surface area contributed by atoms with E-state index in [1.54, 1.807) is 0 Å². The van der Waals surface area contributed by atoms with Crippen molar-refractivity contribution in [2.24, 2.45) is 17.6 Å². The zero-order chi connectivity index (χ0) is 13.8. The van der Waals surface area contributed by atoms with Gasteiger partial charge in [0.05, 0.1) is 0 Å². The highest BCUT2D eigenvalue weighted by molar-refractivity contribution is 5.76. The second-order valence-electron chi connectivity index (χ2n) is 5.57. The second-order valence-corrected chi connectivity index (χ2v) is 5.57. The maximum absolute atomic E-state index is 11.3. The second kappa shape index (κ2) is 11.6. The van der Waals surface area contributed by atoms with E-state index in [4.69, 9.17) is 5.73 Å². The summed E-state index contributed by atoms with van der Waals surface area (Å²) in [5.74, 6) is 0.669. The first-order valence-electron chi connectivity index (χ1n) is 7.94. The van der Waals surface area contributed by atoms with Crippen molar-refractivity contribution in [2.75, 3.05) is 0 Å². The first kappa shape index (κ1) is 17.5. The topological polar surface area (TPSA) is 43.1 Å². The van der Waals surface area contributed by atoms with Gasteiger partial charge in [0.1, 0.15) is 0 Å². The molecule has 0 aromatic carbocycles. The van der Waals surface area contributed by atoms with Crippen LogP contribution in [0, 0.1) is 11.8 Å². The summed E-state index contributed by atoms with van der Waals surface area (Å²) < 4.78 is 0. The summed E-state index contributed by atoms with van der Waals surface area (Å²) in [6.07, 6.45) is 12.4. The average Bonchev–Trinajstić information content (AvgIpc) is 2.36. The lowest BCUT2D eigenvalue weighted by Gasteiger charge is -2.19. The lowest BCUT2D eigenvalue weighted by atomic mass is 9.87. The smallest absolute Gasteiger partial charge is 0.220 e. The molecule has 0 saturated carbocycles. The standard InChI is InChI=1S/C16H33NO/c1-4-7-8-9-10-11-12-14(5-2)13-15(6-3)16(17)18/h14-15H,4-13H2,1-3H3,(H2,17,18). The van der Waals surface area contributed by atoms with E-state index in [1.807, 2.05) is 0 Å². The van der Waals surface area contributed by atoms with Gasteiger partial charge in [0.2, 0.25) is 5.91 Å². The Balaban J connectivity index is 3.72. The quantitative estimate of drug-likeness (QED) is 0.506. The number of hydrogen-bond donors (Lipinski definition) is 1. The molecule has 2 heteroatoms. The lowest BCUT2D eigenvalue weighted by molar-refractivity contribution is -0.122. The largest absolute Gasteiger partial charge is 0.369 e. The Morgan fingerprint density at radius 1 is 0.944 bits per heavy atom. The molecule has 0 fully saturated rings. The van der Waals surface area contributed by atoms with Gasteiger partial charge in [-0.1, -0.05) is 72.1 Å². The molecule has 0 aliphatic heterocycles. The Morgan fingerprint density at radius 3 is 2.06 bits per heavy atom. The fraction of sp³-hybridized carbons (Fsp3) is 0.938. The van der Waals surface area contributed by atoms with Crippen LogP contribution < -0.4 is 5.73 Å². The van der Waals surface area contributed by atoms with Crippen LogP contribution in [0.15, 0.2) is 0 Å². The zero-order valence-corrected chi connectivity index (χ0v) is 12.7. The summed E-state index contributed by atoms with van der Waals surface area (Å²) >= 11 is 0. The minimum atomic E-state index is -0.112. The van der Waals surface area contributed by atoms with Crippen molar-refractivity contribution in [1.82, 2.24) is 0 Å². The normalized spacial score (nSPS) is 14.4. The summed E-state index contributed by atoms with van der Waals surface area (Å²) in [7, 11) is 0. The van der Waals surface area contributed by atoms with Crippen molar-refractivity contribution < 1.29 is 4.79 Å². The van der Waals surface area contributed by atoms with Crippen molar-refractivity contribution in [3.8, 4) is 0 Å². The van der Waals surface area contributed by atoms with Gasteiger partial charge in [-0.15, -0.1) is 0 Å². The molecule has 0 aromatic heterocycles. The molecule has 0 heterocycles. The third-order valence-electron chi connectivity index (χ3n) is 4.06. The Hall–Kier alpha value is -0.530. The van der Waals surface area contributed by atoms with Gasteiger partial charge in [-0.3, -0.25) is 4.79 Å². The summed E-state index contributed by atoms with van der Waals surface area (Å²) in [4.78, 5) is 11.3. The summed E-state index contributed by atoms with van der Waals surface area (Å²) in [5.41, 5.74) is 5.42. The van der Waals surface area contributed by atoms with Crippen molar-refractivity contribution in [1.29, 1.82) is 0 Å². The Labute approximate surface area is 114 Å². The number of nitrogens with two attached hydrogens (primary N) is 1. The van der Waals surface area contributed by atoms with E-state index in [2.05, 4.69) is 20.8 Å². The van der Waals surface area contributed by atoms with E-state index in [9.17, 15) is 4.79 Å². The number of hydrogen-bond acceptors (Lipinski definition) is 1. The Bertz CT molecular complexity index is 203. The summed E-state index contributed by atoms with van der Waals surface area (Å²) in [6.45, 7) is 6.55. The maximum Gasteiger partial charge on any atom is 0.220 e. The number of carbonyl (C=O) groups is 1. The number of rotatable bonds is 12. The highest BCUT2D eigenvalue weighted by Gasteiger charge is 2.17. The molecular formula is C16H33NO. The first-order chi connectivity index (χ1) is 8.65. The van der Waals surface area contributed by atoms with Crippen LogP contribution in [0.3, 0.4) is 0 Å². The molecule has 0 radical (unpaired) electrons. The highest BCUT2D eigenvalue weighted by atomic mass is 16.1. The molecule has 0 saturated heterocycles. The highest BCUT2D eigenvalue weighted by Crippen LogP contribution is 2.24. The fourth-order valence-electron chi connectivity index (χ4n) is 2.59. The van der Waals surface area contributed by atoms with E-state index in [0.717, 1.165) is 12.8 Å². The molecule has 0 spiro atoms. The van der Waals surface area contributed by atoms with E-state index in [0.29, 0.717) is 5.92 Å². The van der Waals surface area contributed by atoms with Crippen LogP contribution in [-0.2, 0) is 4.79 Å². The minimum absolute atomic E-state index is 0.0926. The number of primary amides is 1. The van der Waals surface area contributed by atoms with Crippen molar-refractivity contribution >= 4 is 5.91 Å². The summed E-state index contributed by atoms with van der Waals surface area (Å²) in [5, 5.41) is 0. The molecule has 18 heavy (non-hydrogen) atoms. The molecule has 0 bridgehead atoms. The Morgan fingerprint density at radius 2 is 1.56 bits per heavy atom. The minimum Gasteiger partial charge on any atom is -0.369 e. The molecule has 0 rings (SSSR count). The lowest BCUT2D eigenvalue weighted by Crippen LogP contribution is -2.24. The maximum atomic E-state index is 11.3. The van der Waals surface area contributed by atoms with E-state index in [-0.39, 0.29) is 11.8 Å². The third-order valence-corrected chi connectivity index (χ3v) is 4.06. The van der Waals surface area contributed by atoms with Gasteiger partial charge in [0.25, 0.3) is 0 Å². The molecular weight excluding hydrogens is 222 g/mol. The number of unbranched alkanes of at least 4 members (excludes halogenated alkanes) is 5. The SMILES string of the molecule is CCCCCCCCC(CC)CC(CC)C(N)=O. The molecule has 2 N–H and O–H groups in total. The van der Waals surface area contributed by atoms with E-state index < -0.39 is 0 Å². The predicted octanol–water partition coefficient (Wildman–Crippen LogP) is 4.66. The average molecular weight is 255 g/mol. The van der Waals surface area contributed by atoms with Gasteiger partial charge in [-0.2, -0.15) is 0 Å². The van der Waals surface area contributed by atoms with E-state index in [1.165, 1.54) is 51.4 Å². The van der Waals surface area contributed by atoms with Crippen molar-refractivity contribution in [3.63, 3.8) is 0 Å². The van der Waals surface area contributed by atoms with Crippen molar-refractivity contribution in [3.05, 3.63) is 0 Å². The summed E-state index contributed by atoms with van der Waals surface area (Å²) in [6, 6.07) is 0. The van der Waals surface area contributed by atoms with Crippen LogP contribution in [0.1, 0.15) is 85.0 Å². The zero-order valence-electron chi connectivity index (χ0n) is 12.7. The Kier molecular flexibility index (Phi) is 11.2. The van der Waals surface area contributed by atoms with Gasteiger partial charge in [0.15, 0.2) is 0 Å². The number of carbonyl (C=O) groups excluding carboxylic acids is 1. The molecule has 2 nitrogen and oxygen atoms in total. The van der Waals surface area contributed by atoms with Gasteiger partial charge in [-0.05, 0) is 18.8 Å². The fourth-order valence-corrected chi connectivity index (χ4v) is 2.59. The van der Waals surface area contributed by atoms with Gasteiger partial charge >= 0.3 is 0 Å². The molecule has 0 aliphatic carbocycles. The van der Waals surface area contributed by atoms with Crippen LogP contribution >= 0.6 is 0 Å². The molecule has 0 aromatic rings. The number of amides is 1. The van der Waals surface area contributed by atoms with Gasteiger partial charge in [0, 0.05) is 5.92 Å². The van der Waals surface area contributed by atoms with Crippen LogP contribution in [0.4, 0.5) is 0 Å². The monoisotopic (exact) mass is 255 g/mol. The first-order valence-corrected chi connectivity index (χ1v) is 7.94. The van der Waals surface area contributed by atoms with Crippen LogP contribution in [0.5, 0.6) is 0 Å². The third kappa shape index (κ3) is 8.54. The molecule has 0 aliphatic rings.